The lowest BCUT2D eigenvalue weighted by molar-refractivity contribution is 0.0628. The van der Waals surface area contributed by atoms with E-state index in [0.717, 1.165) is 5.56 Å². The Hall–Kier alpha value is -1.41. The molecule has 0 spiro atoms. The number of nitrogens with one attached hydrogen (secondary N) is 1. The van der Waals surface area contributed by atoms with Gasteiger partial charge in [0.2, 0.25) is 0 Å². The molecule has 4 nitrogen and oxygen atoms in total. The van der Waals surface area contributed by atoms with Crippen molar-refractivity contribution in [3.05, 3.63) is 35.9 Å². The Morgan fingerprint density at radius 1 is 1.41 bits per heavy atom. The van der Waals surface area contributed by atoms with Crippen LogP contribution in [-0.2, 0) is 4.74 Å². The molecule has 2 atom stereocenters. The summed E-state index contributed by atoms with van der Waals surface area (Å²) in [7, 11) is 1.55. The summed E-state index contributed by atoms with van der Waals surface area (Å²) in [5.74, 6) is 0. The molecule has 0 fully saturated rings. The highest BCUT2D eigenvalue weighted by Gasteiger charge is 2.12. The van der Waals surface area contributed by atoms with Crippen molar-refractivity contribution >= 4 is 0 Å². The van der Waals surface area contributed by atoms with Gasteiger partial charge in [0.1, 0.15) is 0 Å². The van der Waals surface area contributed by atoms with Crippen LogP contribution in [0.15, 0.2) is 30.3 Å². The number of rotatable bonds is 7. The predicted octanol–water partition coefficient (Wildman–Crippen LogP) is 1.24. The summed E-state index contributed by atoms with van der Waals surface area (Å²) in [6.45, 7) is 0.705. The van der Waals surface area contributed by atoms with Crippen molar-refractivity contribution in [2.45, 2.75) is 18.6 Å². The average Bonchev–Trinajstić information content (AvgIpc) is 2.36. The minimum absolute atomic E-state index is 0.0484. The average molecular weight is 234 g/mol. The minimum atomic E-state index is -0.551. The summed E-state index contributed by atoms with van der Waals surface area (Å²) in [5.41, 5.74) is 1.05. The first-order chi connectivity index (χ1) is 8.27. The van der Waals surface area contributed by atoms with Crippen LogP contribution in [0.3, 0.4) is 0 Å². The van der Waals surface area contributed by atoms with E-state index in [4.69, 9.17) is 10.00 Å². The number of methoxy groups -OCH3 is 1. The summed E-state index contributed by atoms with van der Waals surface area (Å²) in [5, 5.41) is 21.5. The molecule has 0 aromatic heterocycles. The summed E-state index contributed by atoms with van der Waals surface area (Å²) >= 11 is 0. The quantitative estimate of drug-likeness (QED) is 0.745. The molecule has 0 heterocycles. The number of nitriles is 1. The van der Waals surface area contributed by atoms with Gasteiger partial charge in [0, 0.05) is 19.7 Å². The summed E-state index contributed by atoms with van der Waals surface area (Å²) in [6.07, 6.45) is -0.172. The fourth-order valence-corrected chi connectivity index (χ4v) is 1.61. The van der Waals surface area contributed by atoms with Gasteiger partial charge >= 0.3 is 0 Å². The fraction of sp³-hybridized carbons (Fsp3) is 0.462. The van der Waals surface area contributed by atoms with E-state index in [1.165, 1.54) is 0 Å². The van der Waals surface area contributed by atoms with Crippen LogP contribution in [0.1, 0.15) is 18.0 Å². The largest absolute Gasteiger partial charge is 0.389 e. The number of hydrogen-bond acceptors (Lipinski definition) is 4. The Labute approximate surface area is 102 Å². The van der Waals surface area contributed by atoms with E-state index in [-0.39, 0.29) is 6.04 Å². The van der Waals surface area contributed by atoms with Gasteiger partial charge in [0.25, 0.3) is 0 Å². The summed E-state index contributed by atoms with van der Waals surface area (Å²) in [6, 6.07) is 11.9. The molecule has 0 bridgehead atoms. The smallest absolute Gasteiger partial charge is 0.0897 e. The van der Waals surface area contributed by atoms with Gasteiger partial charge in [-0.05, 0) is 5.56 Å². The topological polar surface area (TPSA) is 65.3 Å². The first-order valence-corrected chi connectivity index (χ1v) is 5.60. The molecule has 1 aromatic carbocycles. The monoisotopic (exact) mass is 234 g/mol. The van der Waals surface area contributed by atoms with Crippen LogP contribution in [0.5, 0.6) is 0 Å². The number of aliphatic hydroxyl groups is 1. The summed E-state index contributed by atoms with van der Waals surface area (Å²) < 4.78 is 4.85. The van der Waals surface area contributed by atoms with Crippen LogP contribution in [0, 0.1) is 11.3 Å². The van der Waals surface area contributed by atoms with Gasteiger partial charge in [-0.25, -0.2) is 0 Å². The van der Waals surface area contributed by atoms with Crippen molar-refractivity contribution in [3.8, 4) is 6.07 Å². The highest BCUT2D eigenvalue weighted by Crippen LogP contribution is 2.15. The zero-order valence-corrected chi connectivity index (χ0v) is 9.97. The van der Waals surface area contributed by atoms with E-state index >= 15 is 0 Å². The molecule has 0 saturated carbocycles. The maximum Gasteiger partial charge on any atom is 0.0897 e. The molecule has 92 valence electrons. The molecular weight excluding hydrogens is 216 g/mol. The second-order valence-corrected chi connectivity index (χ2v) is 3.84. The normalized spacial score (nSPS) is 13.9. The first kappa shape index (κ1) is 13.7. The zero-order valence-electron chi connectivity index (χ0n) is 9.97. The van der Waals surface area contributed by atoms with Crippen molar-refractivity contribution in [1.82, 2.24) is 5.32 Å². The van der Waals surface area contributed by atoms with Crippen LogP contribution < -0.4 is 5.32 Å². The molecular formula is C13H18N2O2. The SMILES string of the molecule is COCC(O)CNC(CC#N)c1ccccc1. The van der Waals surface area contributed by atoms with Gasteiger partial charge in [-0.15, -0.1) is 0 Å². The van der Waals surface area contributed by atoms with Crippen LogP contribution >= 0.6 is 0 Å². The van der Waals surface area contributed by atoms with E-state index < -0.39 is 6.10 Å². The molecule has 0 aliphatic heterocycles. The molecule has 2 unspecified atom stereocenters. The van der Waals surface area contributed by atoms with E-state index in [1.54, 1.807) is 7.11 Å². The van der Waals surface area contributed by atoms with Crippen LogP contribution in [0.2, 0.25) is 0 Å². The van der Waals surface area contributed by atoms with Gasteiger partial charge in [0.05, 0.1) is 25.2 Å². The molecule has 17 heavy (non-hydrogen) atoms. The van der Waals surface area contributed by atoms with Crippen LogP contribution in [0.4, 0.5) is 0 Å². The third-order valence-corrected chi connectivity index (χ3v) is 2.46. The third kappa shape index (κ3) is 4.96. The lowest BCUT2D eigenvalue weighted by atomic mass is 10.0. The van der Waals surface area contributed by atoms with Gasteiger partial charge < -0.3 is 15.2 Å². The molecule has 1 rings (SSSR count). The maximum absolute atomic E-state index is 9.54. The number of hydrogen-bond donors (Lipinski definition) is 2. The van der Waals surface area contributed by atoms with Crippen molar-refractivity contribution in [1.29, 1.82) is 5.26 Å². The van der Waals surface area contributed by atoms with Gasteiger partial charge in [-0.1, -0.05) is 30.3 Å². The molecule has 0 saturated heterocycles. The molecule has 0 radical (unpaired) electrons. The Kier molecular flexibility index (Phi) is 6.26. The first-order valence-electron chi connectivity index (χ1n) is 5.60. The van der Waals surface area contributed by atoms with Crippen molar-refractivity contribution in [3.63, 3.8) is 0 Å². The Morgan fingerprint density at radius 2 is 2.12 bits per heavy atom. The predicted molar refractivity (Wildman–Crippen MR) is 65.3 cm³/mol. The van der Waals surface area contributed by atoms with E-state index in [1.807, 2.05) is 30.3 Å². The minimum Gasteiger partial charge on any atom is -0.389 e. The maximum atomic E-state index is 9.54. The molecule has 4 heteroatoms. The summed E-state index contributed by atoms with van der Waals surface area (Å²) in [4.78, 5) is 0. The highest BCUT2D eigenvalue weighted by molar-refractivity contribution is 5.19. The van der Waals surface area contributed by atoms with Crippen molar-refractivity contribution < 1.29 is 9.84 Å². The lowest BCUT2D eigenvalue weighted by Gasteiger charge is -2.18. The van der Waals surface area contributed by atoms with E-state index in [9.17, 15) is 5.11 Å². The highest BCUT2D eigenvalue weighted by atomic mass is 16.5. The lowest BCUT2D eigenvalue weighted by Crippen LogP contribution is -2.32. The van der Waals surface area contributed by atoms with Gasteiger partial charge in [-0.3, -0.25) is 0 Å². The van der Waals surface area contributed by atoms with Crippen molar-refractivity contribution in [2.24, 2.45) is 0 Å². The van der Waals surface area contributed by atoms with E-state index in [0.29, 0.717) is 19.6 Å². The fourth-order valence-electron chi connectivity index (χ4n) is 1.61. The molecule has 2 N–H and O–H groups in total. The standard InChI is InChI=1S/C13H18N2O2/c1-17-10-12(16)9-15-13(7-8-14)11-5-3-2-4-6-11/h2-6,12-13,15-16H,7,9-10H2,1H3. The Morgan fingerprint density at radius 3 is 2.71 bits per heavy atom. The number of nitrogens with zero attached hydrogens (tertiary/aromatic N) is 1. The molecule has 0 aliphatic carbocycles. The van der Waals surface area contributed by atoms with Crippen LogP contribution in [-0.4, -0.2) is 31.5 Å². The van der Waals surface area contributed by atoms with Crippen LogP contribution in [0.25, 0.3) is 0 Å². The number of benzene rings is 1. The second kappa shape index (κ2) is 7.80. The van der Waals surface area contributed by atoms with Gasteiger partial charge in [0.15, 0.2) is 0 Å². The zero-order chi connectivity index (χ0) is 12.5. The molecule has 0 amide bonds. The van der Waals surface area contributed by atoms with Crippen molar-refractivity contribution in [2.75, 3.05) is 20.3 Å². The number of ether oxygens (including phenoxy) is 1. The molecule has 1 aromatic rings. The van der Waals surface area contributed by atoms with E-state index in [2.05, 4.69) is 11.4 Å². The Bertz CT molecular complexity index is 348. The second-order valence-electron chi connectivity index (χ2n) is 3.84. The third-order valence-electron chi connectivity index (χ3n) is 2.46. The van der Waals surface area contributed by atoms with Gasteiger partial charge in [-0.2, -0.15) is 5.26 Å². The molecule has 0 aliphatic rings. The Balaban J connectivity index is 2.53. The number of aliphatic hydroxyl groups excluding tert-OH is 1.